The number of nitrogens with zero attached hydrogens (tertiary/aromatic N) is 2. The molecule has 1 atom stereocenters. The molecule has 2 heterocycles. The minimum Gasteiger partial charge on any atom is -0.371 e. The van der Waals surface area contributed by atoms with Crippen LogP contribution in [-0.2, 0) is 11.2 Å². The Hall–Kier alpha value is -1.78. The van der Waals surface area contributed by atoms with Gasteiger partial charge < -0.3 is 10.1 Å². The van der Waals surface area contributed by atoms with E-state index in [0.717, 1.165) is 37.9 Å². The first-order valence-electron chi connectivity index (χ1n) is 8.10. The highest BCUT2D eigenvalue weighted by molar-refractivity contribution is 5.27. The number of hydrogen-bond acceptors (Lipinski definition) is 4. The van der Waals surface area contributed by atoms with Gasteiger partial charge in [-0.2, -0.15) is 0 Å². The fraction of sp³-hybridized carbons (Fsp3) is 0.444. The van der Waals surface area contributed by atoms with Crippen molar-refractivity contribution in [1.82, 2.24) is 15.3 Å². The van der Waals surface area contributed by atoms with Crippen molar-refractivity contribution in [2.75, 3.05) is 19.7 Å². The van der Waals surface area contributed by atoms with Gasteiger partial charge in [0.15, 0.2) is 0 Å². The van der Waals surface area contributed by atoms with E-state index in [1.807, 2.05) is 12.4 Å². The molecule has 1 saturated heterocycles. The number of aromatic nitrogens is 2. The monoisotopic (exact) mass is 295 g/mol. The standard InChI is InChI=1S/C18H21N3O/c1-3-15(17-12-19-7-8-22-17)4-2-13(1)9-18-20-10-16(11-21-18)14-5-6-14/h1-4,10-11,14,17,19H,5-9,12H2/t17-/m1/s1. The highest BCUT2D eigenvalue weighted by atomic mass is 16.5. The number of rotatable bonds is 4. The second-order valence-electron chi connectivity index (χ2n) is 6.19. The van der Waals surface area contributed by atoms with E-state index in [2.05, 4.69) is 39.6 Å². The fourth-order valence-electron chi connectivity index (χ4n) is 2.90. The van der Waals surface area contributed by atoms with E-state index in [9.17, 15) is 0 Å². The molecule has 4 heteroatoms. The van der Waals surface area contributed by atoms with Crippen molar-refractivity contribution >= 4 is 0 Å². The lowest BCUT2D eigenvalue weighted by atomic mass is 10.0. The minimum atomic E-state index is 0.178. The van der Waals surface area contributed by atoms with E-state index < -0.39 is 0 Å². The van der Waals surface area contributed by atoms with E-state index in [1.165, 1.54) is 29.5 Å². The van der Waals surface area contributed by atoms with E-state index in [1.54, 1.807) is 0 Å². The lowest BCUT2D eigenvalue weighted by molar-refractivity contribution is 0.0277. The molecule has 2 aromatic rings. The molecule has 0 bridgehead atoms. The largest absolute Gasteiger partial charge is 0.371 e. The van der Waals surface area contributed by atoms with Gasteiger partial charge in [-0.3, -0.25) is 0 Å². The molecule has 4 rings (SSSR count). The van der Waals surface area contributed by atoms with Crippen LogP contribution in [0, 0.1) is 0 Å². The molecule has 2 aliphatic rings. The first-order chi connectivity index (χ1) is 10.9. The highest BCUT2D eigenvalue weighted by Crippen LogP contribution is 2.39. The second-order valence-corrected chi connectivity index (χ2v) is 6.19. The average Bonchev–Trinajstić information content (AvgIpc) is 3.42. The van der Waals surface area contributed by atoms with Gasteiger partial charge in [0, 0.05) is 31.9 Å². The molecule has 1 saturated carbocycles. The molecule has 4 nitrogen and oxygen atoms in total. The Kier molecular flexibility index (Phi) is 3.87. The van der Waals surface area contributed by atoms with E-state index in [4.69, 9.17) is 4.74 Å². The topological polar surface area (TPSA) is 47.0 Å². The van der Waals surface area contributed by atoms with E-state index in [-0.39, 0.29) is 6.10 Å². The lowest BCUT2D eigenvalue weighted by Crippen LogP contribution is -2.33. The quantitative estimate of drug-likeness (QED) is 0.942. The summed E-state index contributed by atoms with van der Waals surface area (Å²) in [5, 5.41) is 3.36. The molecule has 22 heavy (non-hydrogen) atoms. The summed E-state index contributed by atoms with van der Waals surface area (Å²) in [5.74, 6) is 1.62. The lowest BCUT2D eigenvalue weighted by Gasteiger charge is -2.24. The van der Waals surface area contributed by atoms with Crippen molar-refractivity contribution in [2.24, 2.45) is 0 Å². The van der Waals surface area contributed by atoms with Crippen LogP contribution in [0.3, 0.4) is 0 Å². The molecule has 1 aliphatic heterocycles. The zero-order valence-electron chi connectivity index (χ0n) is 12.7. The molecule has 1 aromatic carbocycles. The van der Waals surface area contributed by atoms with Crippen molar-refractivity contribution in [3.63, 3.8) is 0 Å². The minimum absolute atomic E-state index is 0.178. The van der Waals surface area contributed by atoms with Gasteiger partial charge in [0.25, 0.3) is 0 Å². The van der Waals surface area contributed by atoms with Crippen LogP contribution in [0.4, 0.5) is 0 Å². The maximum absolute atomic E-state index is 5.78. The van der Waals surface area contributed by atoms with Crippen molar-refractivity contribution in [3.05, 3.63) is 59.2 Å². The summed E-state index contributed by atoms with van der Waals surface area (Å²) in [6, 6.07) is 8.63. The Bertz CT molecular complexity index is 614. The molecule has 0 unspecified atom stereocenters. The van der Waals surface area contributed by atoms with Crippen LogP contribution >= 0.6 is 0 Å². The summed E-state index contributed by atoms with van der Waals surface area (Å²) in [4.78, 5) is 9.00. The maximum atomic E-state index is 5.78. The molecule has 1 N–H and O–H groups in total. The first-order valence-corrected chi connectivity index (χ1v) is 8.10. The van der Waals surface area contributed by atoms with Gasteiger partial charge >= 0.3 is 0 Å². The predicted molar refractivity (Wildman–Crippen MR) is 84.8 cm³/mol. The highest BCUT2D eigenvalue weighted by Gasteiger charge is 2.24. The van der Waals surface area contributed by atoms with Crippen molar-refractivity contribution in [3.8, 4) is 0 Å². The van der Waals surface area contributed by atoms with E-state index >= 15 is 0 Å². The summed E-state index contributed by atoms with van der Waals surface area (Å²) in [6.45, 7) is 2.63. The van der Waals surface area contributed by atoms with Crippen LogP contribution < -0.4 is 5.32 Å². The Balaban J connectivity index is 1.41. The van der Waals surface area contributed by atoms with Crippen LogP contribution in [0.5, 0.6) is 0 Å². The third kappa shape index (κ3) is 3.18. The Morgan fingerprint density at radius 3 is 2.45 bits per heavy atom. The van der Waals surface area contributed by atoms with E-state index in [0.29, 0.717) is 0 Å². The SMILES string of the molecule is c1cc([C@H]2CNCCO2)ccc1Cc1ncc(C2CC2)cn1. The summed E-state index contributed by atoms with van der Waals surface area (Å²) in [7, 11) is 0. The third-order valence-electron chi connectivity index (χ3n) is 4.42. The molecule has 1 aromatic heterocycles. The molecule has 0 amide bonds. The maximum Gasteiger partial charge on any atom is 0.132 e. The van der Waals surface area contributed by atoms with Gasteiger partial charge in [0.05, 0.1) is 12.7 Å². The Morgan fingerprint density at radius 2 is 1.82 bits per heavy atom. The van der Waals surface area contributed by atoms with Crippen molar-refractivity contribution < 1.29 is 4.74 Å². The zero-order chi connectivity index (χ0) is 14.8. The molecule has 1 aliphatic carbocycles. The smallest absolute Gasteiger partial charge is 0.132 e. The molecular formula is C18H21N3O. The number of morpholine rings is 1. The number of ether oxygens (including phenoxy) is 1. The predicted octanol–water partition coefficient (Wildman–Crippen LogP) is 2.61. The third-order valence-corrected chi connectivity index (χ3v) is 4.42. The normalized spacial score (nSPS) is 21.7. The van der Waals surface area contributed by atoms with Crippen molar-refractivity contribution in [1.29, 1.82) is 0 Å². The summed E-state index contributed by atoms with van der Waals surface area (Å²) in [5.41, 5.74) is 3.77. The van der Waals surface area contributed by atoms with Crippen LogP contribution in [0.1, 0.15) is 47.4 Å². The summed E-state index contributed by atoms with van der Waals surface area (Å²) >= 11 is 0. The molecule has 0 spiro atoms. The number of hydrogen-bond donors (Lipinski definition) is 1. The Morgan fingerprint density at radius 1 is 1.05 bits per heavy atom. The summed E-state index contributed by atoms with van der Waals surface area (Å²) in [6.07, 6.45) is 7.54. The van der Waals surface area contributed by atoms with Gasteiger partial charge in [0.2, 0.25) is 0 Å². The van der Waals surface area contributed by atoms with Crippen molar-refractivity contribution in [2.45, 2.75) is 31.3 Å². The van der Waals surface area contributed by atoms with Gasteiger partial charge in [0.1, 0.15) is 5.82 Å². The second kappa shape index (κ2) is 6.15. The molecular weight excluding hydrogens is 274 g/mol. The van der Waals surface area contributed by atoms with Crippen LogP contribution in [0.25, 0.3) is 0 Å². The zero-order valence-corrected chi connectivity index (χ0v) is 12.7. The number of nitrogens with one attached hydrogen (secondary N) is 1. The van der Waals surface area contributed by atoms with Gasteiger partial charge in [-0.15, -0.1) is 0 Å². The average molecular weight is 295 g/mol. The molecule has 2 fully saturated rings. The number of benzene rings is 1. The molecule has 114 valence electrons. The van der Waals surface area contributed by atoms with Gasteiger partial charge in [-0.25, -0.2) is 9.97 Å². The van der Waals surface area contributed by atoms with Crippen LogP contribution in [0.2, 0.25) is 0 Å². The summed E-state index contributed by atoms with van der Waals surface area (Å²) < 4.78 is 5.78. The fourth-order valence-corrected chi connectivity index (χ4v) is 2.90. The van der Waals surface area contributed by atoms with Gasteiger partial charge in [-0.1, -0.05) is 24.3 Å². The van der Waals surface area contributed by atoms with Crippen LogP contribution in [-0.4, -0.2) is 29.7 Å². The van der Waals surface area contributed by atoms with Gasteiger partial charge in [-0.05, 0) is 35.4 Å². The Labute approximate surface area is 130 Å². The first kappa shape index (κ1) is 13.9. The van der Waals surface area contributed by atoms with Crippen LogP contribution in [0.15, 0.2) is 36.7 Å². The molecule has 0 radical (unpaired) electrons.